The first-order valence-electron chi connectivity index (χ1n) is 12.0. The van der Waals surface area contributed by atoms with Crippen LogP contribution in [0.15, 0.2) is 52.4 Å². The summed E-state index contributed by atoms with van der Waals surface area (Å²) in [7, 11) is 0. The van der Waals surface area contributed by atoms with Gasteiger partial charge in [0.05, 0.1) is 33.8 Å². The molecule has 6 rings (SSSR count). The van der Waals surface area contributed by atoms with Crippen molar-refractivity contribution in [2.24, 2.45) is 5.92 Å². The fraction of sp³-hybridized carbons (Fsp3) is 0.296. The third-order valence-electron chi connectivity index (χ3n) is 6.73. The van der Waals surface area contributed by atoms with Gasteiger partial charge in [0.2, 0.25) is 5.78 Å². The molecule has 10 heteroatoms. The molecule has 0 unspecified atom stereocenters. The van der Waals surface area contributed by atoms with Crippen LogP contribution in [0.3, 0.4) is 0 Å². The molecule has 0 saturated carbocycles. The van der Waals surface area contributed by atoms with Crippen molar-refractivity contribution in [3.63, 3.8) is 0 Å². The van der Waals surface area contributed by atoms with Crippen LogP contribution in [0.5, 0.6) is 0 Å². The Hall–Kier alpha value is -2.36. The zero-order chi connectivity index (χ0) is 25.8. The predicted octanol–water partition coefficient (Wildman–Crippen LogP) is 7.10. The molecule has 0 fully saturated rings. The van der Waals surface area contributed by atoms with Crippen LogP contribution in [0.1, 0.15) is 35.4 Å². The molecule has 0 amide bonds. The van der Waals surface area contributed by atoms with Crippen LogP contribution in [-0.2, 0) is 23.5 Å². The van der Waals surface area contributed by atoms with Crippen LogP contribution >= 0.6 is 46.3 Å². The Balaban J connectivity index is 1.56. The molecule has 0 saturated heterocycles. The molecule has 3 aromatic heterocycles. The van der Waals surface area contributed by atoms with E-state index in [2.05, 4.69) is 24.0 Å². The number of halogens is 2. The van der Waals surface area contributed by atoms with Gasteiger partial charge in [0.15, 0.2) is 5.16 Å². The van der Waals surface area contributed by atoms with Crippen molar-refractivity contribution >= 4 is 62.3 Å². The van der Waals surface area contributed by atoms with Crippen molar-refractivity contribution in [1.29, 1.82) is 0 Å². The van der Waals surface area contributed by atoms with Crippen LogP contribution < -0.4 is 5.56 Å². The quantitative estimate of drug-likeness (QED) is 0.211. The molecule has 5 aromatic rings. The summed E-state index contributed by atoms with van der Waals surface area (Å²) in [6.07, 6.45) is 0.799. The lowest BCUT2D eigenvalue weighted by Crippen LogP contribution is -2.28. The minimum absolute atomic E-state index is 0.0679. The van der Waals surface area contributed by atoms with E-state index < -0.39 is 0 Å². The number of aryl methyl sites for hydroxylation is 1. The summed E-state index contributed by atoms with van der Waals surface area (Å²) in [6, 6.07) is 13.5. The van der Waals surface area contributed by atoms with Gasteiger partial charge in [0, 0.05) is 17.1 Å². The highest BCUT2D eigenvalue weighted by Crippen LogP contribution is 2.38. The van der Waals surface area contributed by atoms with Crippen molar-refractivity contribution < 1.29 is 4.74 Å². The van der Waals surface area contributed by atoms with Gasteiger partial charge >= 0.3 is 0 Å². The molecule has 0 spiro atoms. The van der Waals surface area contributed by atoms with Crippen LogP contribution in [0.4, 0.5) is 0 Å². The smallest absolute Gasteiger partial charge is 0.268 e. The molecule has 1 atom stereocenters. The summed E-state index contributed by atoms with van der Waals surface area (Å²) in [5.74, 6) is 1.49. The fourth-order valence-electron chi connectivity index (χ4n) is 4.66. The van der Waals surface area contributed by atoms with E-state index in [9.17, 15) is 4.79 Å². The zero-order valence-corrected chi connectivity index (χ0v) is 23.6. The lowest BCUT2D eigenvalue weighted by molar-refractivity contribution is 0.00200. The number of thioether (sulfide) groups is 1. The summed E-state index contributed by atoms with van der Waals surface area (Å²) in [5.41, 5.74) is 3.94. The van der Waals surface area contributed by atoms with Gasteiger partial charge in [-0.15, -0.1) is 21.5 Å². The number of nitrogens with zero attached hydrogens (tertiary/aromatic N) is 4. The van der Waals surface area contributed by atoms with Crippen molar-refractivity contribution in [1.82, 2.24) is 19.2 Å². The van der Waals surface area contributed by atoms with Crippen molar-refractivity contribution in [3.05, 3.63) is 84.4 Å². The van der Waals surface area contributed by atoms with E-state index in [1.165, 1.54) is 0 Å². The van der Waals surface area contributed by atoms with Crippen molar-refractivity contribution in [2.45, 2.75) is 50.8 Å². The van der Waals surface area contributed by atoms with Gasteiger partial charge in [0.25, 0.3) is 5.56 Å². The average Bonchev–Trinajstić information content (AvgIpc) is 3.47. The number of benzene rings is 2. The number of aromatic nitrogens is 4. The normalized spacial score (nSPS) is 15.7. The molecule has 0 aliphatic carbocycles. The monoisotopic (exact) mass is 570 g/mol. The lowest BCUT2D eigenvalue weighted by atomic mass is 9.96. The summed E-state index contributed by atoms with van der Waals surface area (Å²) < 4.78 is 9.85. The van der Waals surface area contributed by atoms with Crippen LogP contribution in [0.25, 0.3) is 21.7 Å². The third kappa shape index (κ3) is 4.38. The Morgan fingerprint density at radius 1 is 1.14 bits per heavy atom. The second-order valence-corrected chi connectivity index (χ2v) is 12.5. The number of rotatable bonds is 5. The van der Waals surface area contributed by atoms with E-state index in [1.54, 1.807) is 33.7 Å². The largest absolute Gasteiger partial charge is 0.372 e. The molecule has 190 valence electrons. The van der Waals surface area contributed by atoms with E-state index in [0.29, 0.717) is 39.3 Å². The average molecular weight is 572 g/mol. The maximum Gasteiger partial charge on any atom is 0.268 e. The van der Waals surface area contributed by atoms with Crippen molar-refractivity contribution in [3.8, 4) is 5.69 Å². The molecule has 0 N–H and O–H groups in total. The number of hydrogen-bond acceptors (Lipinski definition) is 6. The first kappa shape index (κ1) is 24.9. The number of fused-ring (bicyclic) bond motifs is 5. The molecule has 1 aliphatic rings. The first-order valence-corrected chi connectivity index (χ1v) is 14.6. The molecule has 1 aliphatic heterocycles. The molecular formula is C27H24Cl2N4O2S2. The number of ether oxygens (including phenoxy) is 1. The highest BCUT2D eigenvalue weighted by Gasteiger charge is 2.30. The second kappa shape index (κ2) is 9.75. The summed E-state index contributed by atoms with van der Waals surface area (Å²) in [4.78, 5) is 16.1. The highest BCUT2D eigenvalue weighted by atomic mass is 35.5. The molecule has 0 bridgehead atoms. The minimum Gasteiger partial charge on any atom is -0.372 e. The maximum atomic E-state index is 14.1. The number of thiophene rings is 1. The van der Waals surface area contributed by atoms with Crippen molar-refractivity contribution in [2.75, 3.05) is 0 Å². The van der Waals surface area contributed by atoms with Gasteiger partial charge in [0.1, 0.15) is 4.83 Å². The summed E-state index contributed by atoms with van der Waals surface area (Å²) in [5, 5.41) is 11.5. The number of hydrogen-bond donors (Lipinski definition) is 0. The molecular weight excluding hydrogens is 547 g/mol. The molecule has 6 nitrogen and oxygen atoms in total. The zero-order valence-electron chi connectivity index (χ0n) is 20.5. The van der Waals surface area contributed by atoms with E-state index in [-0.39, 0.29) is 11.7 Å². The highest BCUT2D eigenvalue weighted by molar-refractivity contribution is 7.98. The van der Waals surface area contributed by atoms with E-state index in [0.717, 1.165) is 43.9 Å². The Bertz CT molecular complexity index is 1710. The standard InChI is InChI=1S/C27H24Cl2N4O2S2/c1-14(2)21-11-18-22(12-35-21)37-25-23(18)24(34)32(17-7-4-15(3)5-8-17)26-30-31-27(33(25)26)36-13-16-6-9-19(28)20(29)10-16/h4-10,14,21H,11-13H2,1-3H3/t21-/m0/s1. The van der Waals surface area contributed by atoms with E-state index in [4.69, 9.17) is 27.9 Å². The minimum atomic E-state index is -0.0679. The van der Waals surface area contributed by atoms with E-state index in [1.807, 2.05) is 47.7 Å². The Morgan fingerprint density at radius 2 is 1.92 bits per heavy atom. The van der Waals surface area contributed by atoms with Gasteiger partial charge in [-0.1, -0.05) is 72.6 Å². The predicted molar refractivity (Wildman–Crippen MR) is 152 cm³/mol. The van der Waals surface area contributed by atoms with Gasteiger partial charge in [-0.3, -0.25) is 4.79 Å². The molecule has 4 heterocycles. The maximum absolute atomic E-state index is 14.1. The summed E-state index contributed by atoms with van der Waals surface area (Å²) in [6.45, 7) is 6.85. The Labute approximate surface area is 232 Å². The van der Waals surface area contributed by atoms with Gasteiger partial charge in [-0.2, -0.15) is 0 Å². The SMILES string of the molecule is Cc1ccc(-n2c(=O)c3c4c(sc3n3c(SCc5ccc(Cl)c(Cl)c5)nnc23)CO[C@H](C(C)C)C4)cc1. The fourth-order valence-corrected chi connectivity index (χ4v) is 7.16. The third-order valence-corrected chi connectivity index (χ3v) is 9.66. The topological polar surface area (TPSA) is 61.4 Å². The van der Waals surface area contributed by atoms with Crippen LogP contribution in [0.2, 0.25) is 10.0 Å². The van der Waals surface area contributed by atoms with Gasteiger partial charge < -0.3 is 4.74 Å². The lowest BCUT2D eigenvalue weighted by Gasteiger charge is -2.26. The second-order valence-electron chi connectivity index (χ2n) is 9.61. The Kier molecular flexibility index (Phi) is 6.57. The molecule has 2 aromatic carbocycles. The summed E-state index contributed by atoms with van der Waals surface area (Å²) >= 11 is 15.5. The Morgan fingerprint density at radius 3 is 2.65 bits per heavy atom. The molecule has 37 heavy (non-hydrogen) atoms. The molecule has 0 radical (unpaired) electrons. The van der Waals surface area contributed by atoms with Crippen LogP contribution in [0, 0.1) is 12.8 Å². The van der Waals surface area contributed by atoms with E-state index >= 15 is 0 Å². The van der Waals surface area contributed by atoms with Gasteiger partial charge in [-0.25, -0.2) is 8.97 Å². The van der Waals surface area contributed by atoms with Gasteiger partial charge in [-0.05, 0) is 48.2 Å². The van der Waals surface area contributed by atoms with Crippen LogP contribution in [-0.4, -0.2) is 25.3 Å². The first-order chi connectivity index (χ1) is 17.8.